The third-order valence-corrected chi connectivity index (χ3v) is 20.2. The molecule has 0 amide bonds. The number of fused-ring (bicyclic) bond motifs is 12. The summed E-state index contributed by atoms with van der Waals surface area (Å²) in [4.78, 5) is 30.8. The lowest BCUT2D eigenvalue weighted by molar-refractivity contribution is 0.668. The van der Waals surface area contributed by atoms with Crippen LogP contribution in [0.15, 0.2) is 373 Å². The van der Waals surface area contributed by atoms with Crippen LogP contribution in [0.3, 0.4) is 0 Å². The zero-order valence-corrected chi connectivity index (χ0v) is 57.0. The second kappa shape index (κ2) is 25.8. The lowest BCUT2D eigenvalue weighted by Gasteiger charge is -2.12. The summed E-state index contributed by atoms with van der Waals surface area (Å²) in [5.41, 5.74) is 22.6. The molecule has 0 aliphatic carbocycles. The second-order valence-electron chi connectivity index (χ2n) is 26.6. The maximum Gasteiger partial charge on any atom is 0.238 e. The van der Waals surface area contributed by atoms with Crippen molar-refractivity contribution in [3.05, 3.63) is 364 Å². The van der Waals surface area contributed by atoms with Crippen molar-refractivity contribution in [1.29, 1.82) is 0 Å². The Morgan fingerprint density at radius 3 is 0.877 bits per heavy atom. The molecule has 0 N–H and O–H groups in total. The molecule has 0 saturated heterocycles. The van der Waals surface area contributed by atoms with Crippen molar-refractivity contribution in [3.63, 3.8) is 0 Å². The van der Waals surface area contributed by atoms with Gasteiger partial charge in [0, 0.05) is 65.3 Å². The van der Waals surface area contributed by atoms with E-state index in [0.717, 1.165) is 160 Å². The quantitative estimate of drug-likeness (QED) is 0.126. The summed E-state index contributed by atoms with van der Waals surface area (Å²) in [5, 5.41) is 8.99. The predicted molar refractivity (Wildman–Crippen MR) is 432 cm³/mol. The highest BCUT2D eigenvalue weighted by atomic mass is 16.3. The van der Waals surface area contributed by atoms with Gasteiger partial charge in [0.15, 0.2) is 23.3 Å². The predicted octanol–water partition coefficient (Wildman–Crippen LogP) is 24.7. The monoisotopic (exact) mass is 1360 g/mol. The molecule has 0 aliphatic rings. The second-order valence-corrected chi connectivity index (χ2v) is 26.6. The number of furan rings is 2. The molecule has 106 heavy (non-hydrogen) atoms. The van der Waals surface area contributed by atoms with Crippen LogP contribution in [0.1, 0.15) is 0 Å². The van der Waals surface area contributed by atoms with E-state index in [2.05, 4.69) is 300 Å². The van der Waals surface area contributed by atoms with Gasteiger partial charge in [0.2, 0.25) is 11.9 Å². The molecule has 21 rings (SSSR count). The Morgan fingerprint density at radius 1 is 0.160 bits per heavy atom. The van der Waals surface area contributed by atoms with Gasteiger partial charge in [0.1, 0.15) is 22.3 Å². The Bertz CT molecular complexity index is 6930. The molecule has 0 bridgehead atoms. The van der Waals surface area contributed by atoms with Crippen LogP contribution in [0.4, 0.5) is 0 Å². The number of hydrogen-bond acceptors (Lipinski definition) is 8. The van der Waals surface area contributed by atoms with Gasteiger partial charge in [-0.15, -0.1) is 0 Å². The van der Waals surface area contributed by atoms with E-state index in [4.69, 9.17) is 38.7 Å². The van der Waals surface area contributed by atoms with Gasteiger partial charge < -0.3 is 8.83 Å². The van der Waals surface area contributed by atoms with Crippen molar-refractivity contribution >= 4 is 87.5 Å². The molecule has 0 saturated carbocycles. The van der Waals surface area contributed by atoms with Crippen LogP contribution in [0.5, 0.6) is 0 Å². The van der Waals surface area contributed by atoms with Gasteiger partial charge in [0.05, 0.1) is 22.1 Å². The zero-order chi connectivity index (χ0) is 70.0. The van der Waals surface area contributed by atoms with Gasteiger partial charge in [-0.25, -0.2) is 9.97 Å². The maximum atomic E-state index is 6.26. The van der Waals surface area contributed by atoms with Crippen molar-refractivity contribution in [2.24, 2.45) is 0 Å². The first-order valence-electron chi connectivity index (χ1n) is 35.5. The highest BCUT2D eigenvalue weighted by Gasteiger charge is 2.23. The van der Waals surface area contributed by atoms with Crippen LogP contribution in [-0.2, 0) is 0 Å². The molecule has 6 aromatic heterocycles. The third kappa shape index (κ3) is 11.1. The molecule has 0 fully saturated rings. The lowest BCUT2D eigenvalue weighted by atomic mass is 10.0. The van der Waals surface area contributed by atoms with E-state index >= 15 is 0 Å². The van der Waals surface area contributed by atoms with Crippen LogP contribution in [-0.4, -0.2) is 39.0 Å². The van der Waals surface area contributed by atoms with Crippen molar-refractivity contribution in [3.8, 4) is 113 Å². The van der Waals surface area contributed by atoms with E-state index in [1.54, 1.807) is 0 Å². The maximum absolute atomic E-state index is 6.26. The standard InChI is InChI=1S/C51H32N4O.C45H28N4O/c1-3-12-33(13-4-1)35-22-24-36(25-23-35)49-52-50(40-17-11-16-37(30-40)34-14-5-2-6-15-34)54-51(53-49)55-45-20-9-7-18-41(45)44-31-38(27-29-46(44)55)39-26-28-43-42-19-8-10-21-47(42)56-48(43)32-39;1-3-11-29(12-4-1)30-19-21-32(22-20-30)44-46-43(31-13-5-2-6-14-31)47-45(48-44)49-39-17-9-7-15-35(39)38-27-33(24-26-40(38)49)34-23-25-37-36-16-8-10-18-41(36)50-42(37)28-34/h1-32H;1-28H. The fourth-order valence-corrected chi connectivity index (χ4v) is 14.9. The van der Waals surface area contributed by atoms with Crippen molar-refractivity contribution < 1.29 is 8.83 Å². The molecule has 0 spiro atoms. The number of nitrogens with zero attached hydrogens (tertiary/aromatic N) is 8. The van der Waals surface area contributed by atoms with E-state index in [1.807, 2.05) is 72.8 Å². The van der Waals surface area contributed by atoms with E-state index in [1.165, 1.54) is 5.56 Å². The highest BCUT2D eigenvalue weighted by Crippen LogP contribution is 2.41. The van der Waals surface area contributed by atoms with Gasteiger partial charge in [-0.05, 0) is 134 Å². The first kappa shape index (κ1) is 61.4. The molecule has 0 unspecified atom stereocenters. The molecular weight excluding hydrogens is 1300 g/mol. The van der Waals surface area contributed by atoms with Crippen molar-refractivity contribution in [2.75, 3.05) is 0 Å². The number of rotatable bonds is 11. The molecule has 496 valence electrons. The smallest absolute Gasteiger partial charge is 0.238 e. The average Bonchev–Trinajstić information content (AvgIpc) is 1.58. The molecule has 6 heterocycles. The third-order valence-electron chi connectivity index (χ3n) is 20.2. The number of aromatic nitrogens is 8. The van der Waals surface area contributed by atoms with Crippen LogP contribution < -0.4 is 0 Å². The highest BCUT2D eigenvalue weighted by molar-refractivity contribution is 6.13. The molecule has 0 aliphatic heterocycles. The van der Waals surface area contributed by atoms with Gasteiger partial charge in [-0.2, -0.15) is 19.9 Å². The Labute approximate surface area is 608 Å². The Hall–Kier alpha value is -14.5. The molecule has 21 aromatic rings. The van der Waals surface area contributed by atoms with Gasteiger partial charge in [-0.3, -0.25) is 9.13 Å². The topological polar surface area (TPSA) is 113 Å². The molecular formula is C96H60N8O2. The van der Waals surface area contributed by atoms with Gasteiger partial charge >= 0.3 is 0 Å². The Balaban J connectivity index is 0.000000141. The summed E-state index contributed by atoms with van der Waals surface area (Å²) in [7, 11) is 0. The minimum absolute atomic E-state index is 0.560. The summed E-state index contributed by atoms with van der Waals surface area (Å²) < 4.78 is 16.8. The molecule has 0 radical (unpaired) electrons. The van der Waals surface area contributed by atoms with E-state index in [0.29, 0.717) is 35.2 Å². The van der Waals surface area contributed by atoms with E-state index in [-0.39, 0.29) is 0 Å². The molecule has 15 aromatic carbocycles. The van der Waals surface area contributed by atoms with Crippen LogP contribution in [0.2, 0.25) is 0 Å². The van der Waals surface area contributed by atoms with Crippen LogP contribution >= 0.6 is 0 Å². The normalized spacial score (nSPS) is 11.6. The number of hydrogen-bond donors (Lipinski definition) is 0. The zero-order valence-electron chi connectivity index (χ0n) is 57.0. The first-order valence-corrected chi connectivity index (χ1v) is 35.5. The molecule has 10 heteroatoms. The van der Waals surface area contributed by atoms with Gasteiger partial charge in [0.25, 0.3) is 0 Å². The average molecular weight is 1360 g/mol. The van der Waals surface area contributed by atoms with E-state index < -0.39 is 0 Å². The van der Waals surface area contributed by atoms with E-state index in [9.17, 15) is 0 Å². The summed E-state index contributed by atoms with van der Waals surface area (Å²) in [5.74, 6) is 3.59. The number of benzene rings is 15. The van der Waals surface area contributed by atoms with Crippen LogP contribution in [0.25, 0.3) is 201 Å². The fraction of sp³-hybridized carbons (Fsp3) is 0. The van der Waals surface area contributed by atoms with Gasteiger partial charge in [-0.1, -0.05) is 285 Å². The number of para-hydroxylation sites is 4. The summed E-state index contributed by atoms with van der Waals surface area (Å²) in [6, 6.07) is 126. The largest absolute Gasteiger partial charge is 0.456 e. The summed E-state index contributed by atoms with van der Waals surface area (Å²) in [6.07, 6.45) is 0. The minimum Gasteiger partial charge on any atom is -0.456 e. The Kier molecular flexibility index (Phi) is 15.0. The minimum atomic E-state index is 0.560. The molecule has 10 nitrogen and oxygen atoms in total. The van der Waals surface area contributed by atoms with Crippen LogP contribution in [0, 0.1) is 0 Å². The van der Waals surface area contributed by atoms with Crippen molar-refractivity contribution in [1.82, 2.24) is 39.0 Å². The SMILES string of the molecule is c1ccc(-c2ccc(-c3nc(-c4cccc(-c5ccccc5)c4)nc(-n4c5ccccc5c5cc(-c6ccc7c(c6)oc6ccccc67)ccc54)n3)cc2)cc1.c1ccc(-c2ccc(-c3nc(-c4ccccc4)nc(-n4c5ccccc5c5cc(-c6ccc7c(c6)oc6ccccc67)ccc54)n3)cc2)cc1. The summed E-state index contributed by atoms with van der Waals surface area (Å²) >= 11 is 0. The summed E-state index contributed by atoms with van der Waals surface area (Å²) in [6.45, 7) is 0. The fourth-order valence-electron chi connectivity index (χ4n) is 14.9. The molecule has 0 atom stereocenters. The lowest BCUT2D eigenvalue weighted by Crippen LogP contribution is -2.06. The first-order chi connectivity index (χ1) is 52.5. The Morgan fingerprint density at radius 2 is 0.434 bits per heavy atom. The van der Waals surface area contributed by atoms with Crippen molar-refractivity contribution in [2.45, 2.75) is 0 Å².